The SMILES string of the molecule is CC(C)CC(C)NCc1ccc(F)c(-c2cccs2)c1. The van der Waals surface area contributed by atoms with Gasteiger partial charge in [-0.15, -0.1) is 11.3 Å². The van der Waals surface area contributed by atoms with Crippen LogP contribution >= 0.6 is 11.3 Å². The molecule has 1 aromatic carbocycles. The van der Waals surface area contributed by atoms with Crippen LogP contribution in [-0.4, -0.2) is 6.04 Å². The molecule has 2 rings (SSSR count). The molecular weight excluding hydrogens is 269 g/mol. The van der Waals surface area contributed by atoms with Gasteiger partial charge in [0.2, 0.25) is 0 Å². The first-order valence-corrected chi connectivity index (χ1v) is 8.00. The molecule has 1 unspecified atom stereocenters. The van der Waals surface area contributed by atoms with E-state index in [9.17, 15) is 4.39 Å². The van der Waals surface area contributed by atoms with Crippen molar-refractivity contribution in [3.05, 3.63) is 47.1 Å². The second-order valence-electron chi connectivity index (χ2n) is 5.70. The minimum Gasteiger partial charge on any atom is -0.310 e. The maximum atomic E-state index is 13.9. The van der Waals surface area contributed by atoms with Gasteiger partial charge in [0.25, 0.3) is 0 Å². The molecule has 0 radical (unpaired) electrons. The highest BCUT2D eigenvalue weighted by Gasteiger charge is 2.09. The van der Waals surface area contributed by atoms with Gasteiger partial charge in [0.15, 0.2) is 0 Å². The normalized spacial score (nSPS) is 12.8. The fraction of sp³-hybridized carbons (Fsp3) is 0.412. The number of hydrogen-bond donors (Lipinski definition) is 1. The van der Waals surface area contributed by atoms with E-state index in [-0.39, 0.29) is 5.82 Å². The quantitative estimate of drug-likeness (QED) is 0.782. The minimum absolute atomic E-state index is 0.147. The van der Waals surface area contributed by atoms with Crippen LogP contribution in [0.15, 0.2) is 35.7 Å². The zero-order chi connectivity index (χ0) is 14.5. The van der Waals surface area contributed by atoms with Gasteiger partial charge in [0, 0.05) is 23.0 Å². The Morgan fingerprint density at radius 3 is 2.65 bits per heavy atom. The van der Waals surface area contributed by atoms with E-state index >= 15 is 0 Å². The Balaban J connectivity index is 2.05. The summed E-state index contributed by atoms with van der Waals surface area (Å²) in [4.78, 5) is 0.986. The standard InChI is InChI=1S/C17H22FNS/c1-12(2)9-13(3)19-11-14-6-7-16(18)15(10-14)17-5-4-8-20-17/h4-8,10,12-13,19H,9,11H2,1-3H3. The lowest BCUT2D eigenvalue weighted by atomic mass is 10.0. The Labute approximate surface area is 124 Å². The lowest BCUT2D eigenvalue weighted by Crippen LogP contribution is -2.26. The third-order valence-corrected chi connectivity index (χ3v) is 4.20. The van der Waals surface area contributed by atoms with Crippen molar-refractivity contribution in [2.45, 2.75) is 39.8 Å². The van der Waals surface area contributed by atoms with Crippen molar-refractivity contribution in [1.29, 1.82) is 0 Å². The number of benzene rings is 1. The first-order chi connectivity index (χ1) is 9.56. The van der Waals surface area contributed by atoms with E-state index in [0.29, 0.717) is 17.5 Å². The van der Waals surface area contributed by atoms with E-state index in [4.69, 9.17) is 0 Å². The summed E-state index contributed by atoms with van der Waals surface area (Å²) in [7, 11) is 0. The van der Waals surface area contributed by atoms with Crippen LogP contribution in [0.4, 0.5) is 4.39 Å². The summed E-state index contributed by atoms with van der Waals surface area (Å²) in [6.07, 6.45) is 1.15. The van der Waals surface area contributed by atoms with Crippen molar-refractivity contribution < 1.29 is 4.39 Å². The smallest absolute Gasteiger partial charge is 0.131 e. The number of thiophene rings is 1. The number of rotatable bonds is 6. The van der Waals surface area contributed by atoms with Gasteiger partial charge < -0.3 is 5.32 Å². The van der Waals surface area contributed by atoms with Crippen molar-refractivity contribution >= 4 is 11.3 Å². The molecule has 0 saturated heterocycles. The van der Waals surface area contributed by atoms with E-state index in [1.165, 1.54) is 0 Å². The van der Waals surface area contributed by atoms with Gasteiger partial charge >= 0.3 is 0 Å². The van der Waals surface area contributed by atoms with Crippen LogP contribution < -0.4 is 5.32 Å². The van der Waals surface area contributed by atoms with Crippen LogP contribution in [0.2, 0.25) is 0 Å². The fourth-order valence-corrected chi connectivity index (χ4v) is 3.13. The van der Waals surface area contributed by atoms with E-state index in [1.807, 2.05) is 29.6 Å². The van der Waals surface area contributed by atoms with Crippen LogP contribution in [0.3, 0.4) is 0 Å². The summed E-state index contributed by atoms with van der Waals surface area (Å²) < 4.78 is 13.9. The lowest BCUT2D eigenvalue weighted by Gasteiger charge is -2.16. The maximum Gasteiger partial charge on any atom is 0.131 e. The van der Waals surface area contributed by atoms with Gasteiger partial charge in [0.05, 0.1) is 0 Å². The summed E-state index contributed by atoms with van der Waals surface area (Å²) in [5.74, 6) is 0.541. The molecule has 0 aliphatic heterocycles. The molecule has 0 amide bonds. The molecule has 1 aromatic heterocycles. The van der Waals surface area contributed by atoms with Crippen molar-refractivity contribution in [1.82, 2.24) is 5.32 Å². The molecule has 108 valence electrons. The molecule has 0 saturated carbocycles. The predicted octanol–water partition coefficient (Wildman–Crippen LogP) is 5.08. The van der Waals surface area contributed by atoms with Gasteiger partial charge in [-0.25, -0.2) is 4.39 Å². The van der Waals surface area contributed by atoms with Gasteiger partial charge in [-0.2, -0.15) is 0 Å². The summed E-state index contributed by atoms with van der Waals surface area (Å²) >= 11 is 1.57. The topological polar surface area (TPSA) is 12.0 Å². The first kappa shape index (κ1) is 15.2. The molecule has 1 nitrogen and oxygen atoms in total. The Morgan fingerprint density at radius 2 is 2.00 bits per heavy atom. The average molecular weight is 291 g/mol. The van der Waals surface area contributed by atoms with E-state index in [2.05, 4.69) is 26.1 Å². The molecule has 1 heterocycles. The molecule has 0 bridgehead atoms. The van der Waals surface area contributed by atoms with Crippen LogP contribution in [-0.2, 0) is 6.54 Å². The summed E-state index contributed by atoms with van der Waals surface area (Å²) in [5, 5.41) is 5.48. The largest absolute Gasteiger partial charge is 0.310 e. The number of hydrogen-bond acceptors (Lipinski definition) is 2. The Kier molecular flexibility index (Phi) is 5.32. The van der Waals surface area contributed by atoms with Crippen LogP contribution in [0, 0.1) is 11.7 Å². The molecule has 0 aliphatic rings. The average Bonchev–Trinajstić information content (AvgIpc) is 2.90. The van der Waals surface area contributed by atoms with Crippen molar-refractivity contribution in [2.75, 3.05) is 0 Å². The lowest BCUT2D eigenvalue weighted by molar-refractivity contribution is 0.441. The number of nitrogens with one attached hydrogen (secondary N) is 1. The van der Waals surface area contributed by atoms with Gasteiger partial charge in [0.1, 0.15) is 5.82 Å². The third-order valence-electron chi connectivity index (χ3n) is 3.30. The van der Waals surface area contributed by atoms with Crippen LogP contribution in [0.5, 0.6) is 0 Å². The minimum atomic E-state index is -0.147. The third kappa shape index (κ3) is 4.15. The highest BCUT2D eigenvalue weighted by Crippen LogP contribution is 2.28. The van der Waals surface area contributed by atoms with Gasteiger partial charge in [-0.1, -0.05) is 26.0 Å². The molecule has 20 heavy (non-hydrogen) atoms. The second kappa shape index (κ2) is 7.00. The molecule has 1 N–H and O–H groups in total. The maximum absolute atomic E-state index is 13.9. The van der Waals surface area contributed by atoms with E-state index in [1.54, 1.807) is 17.4 Å². The fourth-order valence-electron chi connectivity index (χ4n) is 2.39. The molecule has 1 atom stereocenters. The van der Waals surface area contributed by atoms with Gasteiger partial charge in [-0.05, 0) is 48.4 Å². The molecule has 0 spiro atoms. The second-order valence-corrected chi connectivity index (χ2v) is 6.65. The predicted molar refractivity (Wildman–Crippen MR) is 85.5 cm³/mol. The van der Waals surface area contributed by atoms with Crippen molar-refractivity contribution in [3.63, 3.8) is 0 Å². The zero-order valence-electron chi connectivity index (χ0n) is 12.3. The Hall–Kier alpha value is -1.19. The molecule has 2 aromatic rings. The van der Waals surface area contributed by atoms with E-state index < -0.39 is 0 Å². The van der Waals surface area contributed by atoms with Crippen molar-refractivity contribution in [2.24, 2.45) is 5.92 Å². The molecular formula is C17H22FNS. The highest BCUT2D eigenvalue weighted by molar-refractivity contribution is 7.13. The zero-order valence-corrected chi connectivity index (χ0v) is 13.1. The summed E-state index contributed by atoms with van der Waals surface area (Å²) in [5.41, 5.74) is 1.83. The Bertz CT molecular complexity index is 534. The summed E-state index contributed by atoms with van der Waals surface area (Å²) in [6.45, 7) is 7.44. The Morgan fingerprint density at radius 1 is 1.20 bits per heavy atom. The van der Waals surface area contributed by atoms with Crippen molar-refractivity contribution in [3.8, 4) is 10.4 Å². The molecule has 3 heteroatoms. The molecule has 0 fully saturated rings. The first-order valence-electron chi connectivity index (χ1n) is 7.12. The highest BCUT2D eigenvalue weighted by atomic mass is 32.1. The number of halogens is 1. The van der Waals surface area contributed by atoms with Crippen LogP contribution in [0.25, 0.3) is 10.4 Å². The van der Waals surface area contributed by atoms with E-state index in [0.717, 1.165) is 23.4 Å². The summed E-state index contributed by atoms with van der Waals surface area (Å²) in [6, 6.07) is 9.78. The molecule has 0 aliphatic carbocycles. The van der Waals surface area contributed by atoms with Crippen LogP contribution in [0.1, 0.15) is 32.8 Å². The van der Waals surface area contributed by atoms with Gasteiger partial charge in [-0.3, -0.25) is 0 Å². The monoisotopic (exact) mass is 291 g/mol.